The maximum Gasteiger partial charge on any atom is 0.269 e. The van der Waals surface area contributed by atoms with Gasteiger partial charge in [0.2, 0.25) is 11.8 Å². The van der Waals surface area contributed by atoms with Gasteiger partial charge in [-0.15, -0.1) is 0 Å². The zero-order valence-electron chi connectivity index (χ0n) is 30.1. The quantitative estimate of drug-likeness (QED) is 0.0721. The zero-order valence-corrected chi connectivity index (χ0v) is 31.6. The van der Waals surface area contributed by atoms with Gasteiger partial charge in [0, 0.05) is 28.6 Å². The molecule has 286 valence electrons. The molecule has 4 amide bonds. The Bertz CT molecular complexity index is 2600. The lowest BCUT2D eigenvalue weighted by Gasteiger charge is -2.51. The van der Waals surface area contributed by atoms with Crippen LogP contribution in [0.1, 0.15) is 29.9 Å². The molecule has 5 aromatic rings. The molecule has 2 N–H and O–H groups in total. The van der Waals surface area contributed by atoms with Crippen molar-refractivity contribution in [3.8, 4) is 11.5 Å². The lowest BCUT2D eigenvalue weighted by molar-refractivity contribution is -0.384. The van der Waals surface area contributed by atoms with Crippen LogP contribution in [0.5, 0.6) is 11.5 Å². The van der Waals surface area contributed by atoms with Gasteiger partial charge < -0.3 is 9.84 Å². The smallest absolute Gasteiger partial charge is 0.269 e. The van der Waals surface area contributed by atoms with Crippen molar-refractivity contribution in [2.45, 2.75) is 24.2 Å². The number of nitro benzene ring substituents is 1. The van der Waals surface area contributed by atoms with Crippen molar-refractivity contribution in [3.05, 3.63) is 146 Å². The summed E-state index contributed by atoms with van der Waals surface area (Å²) in [6, 6.07) is 27.5. The summed E-state index contributed by atoms with van der Waals surface area (Å²) in [6.07, 6.45) is 2.04. The van der Waals surface area contributed by atoms with Crippen LogP contribution < -0.4 is 15.1 Å². The molecule has 3 fully saturated rings. The Morgan fingerprint density at radius 1 is 0.877 bits per heavy atom. The first-order chi connectivity index (χ1) is 27.4. The van der Waals surface area contributed by atoms with Gasteiger partial charge in [0.05, 0.1) is 51.6 Å². The number of amides is 4. The van der Waals surface area contributed by atoms with Crippen molar-refractivity contribution in [2.75, 3.05) is 17.4 Å². The van der Waals surface area contributed by atoms with E-state index in [1.165, 1.54) is 37.4 Å². The molecule has 0 bridgehead atoms. The van der Waals surface area contributed by atoms with Crippen LogP contribution in [-0.2, 0) is 24.6 Å². The van der Waals surface area contributed by atoms with Gasteiger partial charge in [0.1, 0.15) is 11.5 Å². The summed E-state index contributed by atoms with van der Waals surface area (Å²) in [5.74, 6) is -6.33. The van der Waals surface area contributed by atoms with Crippen LogP contribution in [0.2, 0.25) is 10.0 Å². The summed E-state index contributed by atoms with van der Waals surface area (Å²) >= 11 is 12.8. The molecule has 6 atom stereocenters. The SMILES string of the molecule is COc1ccc([C@@]23C(=O)N(Nc4ccc(Cl)cc4Cl)C(=O)[C@@H]2C[C@@H]2C(=CC[C@@H]4C(=O)N(c5ccc([N+](=O)[O-])cc5)C(=O)[C@@H]42)[C@@H]3c2c(O)ccc3ccccc23)cc1. The summed E-state index contributed by atoms with van der Waals surface area (Å²) in [7, 11) is 1.52. The third-order valence-electron chi connectivity index (χ3n) is 12.1. The van der Waals surface area contributed by atoms with Crippen LogP contribution in [0.25, 0.3) is 10.8 Å². The molecular formula is C43H32Cl2N4O8. The predicted octanol–water partition coefficient (Wildman–Crippen LogP) is 7.96. The molecule has 57 heavy (non-hydrogen) atoms. The van der Waals surface area contributed by atoms with E-state index in [-0.39, 0.29) is 40.7 Å². The van der Waals surface area contributed by atoms with Gasteiger partial charge in [-0.2, -0.15) is 5.01 Å². The van der Waals surface area contributed by atoms with E-state index in [4.69, 9.17) is 27.9 Å². The number of aromatic hydroxyl groups is 1. The van der Waals surface area contributed by atoms with Gasteiger partial charge in [-0.3, -0.25) is 39.6 Å². The molecule has 2 heterocycles. The second kappa shape index (κ2) is 13.5. The monoisotopic (exact) mass is 802 g/mol. The number of non-ortho nitro benzene ring substituents is 1. The van der Waals surface area contributed by atoms with Gasteiger partial charge in [0.25, 0.3) is 17.5 Å². The van der Waals surface area contributed by atoms with Crippen molar-refractivity contribution < 1.29 is 33.9 Å². The molecule has 2 saturated heterocycles. The molecule has 0 radical (unpaired) electrons. The average molecular weight is 804 g/mol. The molecule has 1 saturated carbocycles. The number of hydrogen-bond donors (Lipinski definition) is 2. The summed E-state index contributed by atoms with van der Waals surface area (Å²) in [6.45, 7) is 0. The van der Waals surface area contributed by atoms with Gasteiger partial charge in [0.15, 0.2) is 0 Å². The van der Waals surface area contributed by atoms with E-state index in [1.807, 2.05) is 30.3 Å². The molecule has 14 heteroatoms. The number of halogens is 2. The van der Waals surface area contributed by atoms with E-state index in [9.17, 15) is 24.8 Å². The summed E-state index contributed by atoms with van der Waals surface area (Å²) in [4.78, 5) is 71.4. The number of hydrazine groups is 1. The van der Waals surface area contributed by atoms with E-state index < -0.39 is 63.6 Å². The third-order valence-corrected chi connectivity index (χ3v) is 12.7. The lowest BCUT2D eigenvalue weighted by atomic mass is 9.48. The number of imide groups is 2. The number of anilines is 2. The standard InChI is InChI=1S/C43H32Cl2N4O8/c1-57-27-14-7-23(8-15-27)43-32(40(52)48(42(43)54)46-34-18-9-24(44)20-33(34)45)21-31-29(38(43)37-28-5-3-2-4-22(28)6-19-35(37)50)16-17-30-36(31)41(53)47(39(30)51)25-10-12-26(13-11-25)49(55)56/h2-16,18-20,30-32,36,38,46,50H,17,21H2,1H3/t30-,31+,32-,36-,38+,43+/m0/s1. The number of hydrogen-bond acceptors (Lipinski definition) is 9. The third kappa shape index (κ3) is 5.34. The van der Waals surface area contributed by atoms with E-state index in [0.717, 1.165) is 15.3 Å². The zero-order chi connectivity index (χ0) is 39.9. The minimum atomic E-state index is -1.68. The highest BCUT2D eigenvalue weighted by Gasteiger charge is 2.71. The Labute approximate surface area is 335 Å². The highest BCUT2D eigenvalue weighted by Crippen LogP contribution is 2.65. The number of allylic oxidation sites excluding steroid dienone is 2. The predicted molar refractivity (Wildman–Crippen MR) is 212 cm³/mol. The van der Waals surface area contributed by atoms with Crippen molar-refractivity contribution in [3.63, 3.8) is 0 Å². The highest BCUT2D eigenvalue weighted by molar-refractivity contribution is 6.36. The molecule has 5 aromatic carbocycles. The second-order valence-electron chi connectivity index (χ2n) is 14.7. The molecule has 9 rings (SSSR count). The molecule has 4 aliphatic rings. The van der Waals surface area contributed by atoms with Gasteiger partial charge in [-0.1, -0.05) is 77.3 Å². The number of methoxy groups -OCH3 is 1. The minimum absolute atomic E-state index is 0.00524. The number of carbonyl (C=O) groups excluding carboxylic acids is 4. The fourth-order valence-electron chi connectivity index (χ4n) is 9.72. The minimum Gasteiger partial charge on any atom is -0.508 e. The molecule has 0 unspecified atom stereocenters. The topological polar surface area (TPSA) is 159 Å². The van der Waals surface area contributed by atoms with E-state index in [0.29, 0.717) is 32.9 Å². The first kappa shape index (κ1) is 36.4. The van der Waals surface area contributed by atoms with Crippen LogP contribution in [0.15, 0.2) is 115 Å². The van der Waals surface area contributed by atoms with Crippen LogP contribution in [-0.4, -0.2) is 45.8 Å². The molecule has 0 aromatic heterocycles. The van der Waals surface area contributed by atoms with Crippen molar-refractivity contribution in [2.24, 2.45) is 23.7 Å². The van der Waals surface area contributed by atoms with Gasteiger partial charge in [-0.05, 0) is 83.6 Å². The fraction of sp³-hybridized carbons (Fsp3) is 0.209. The molecule has 2 aliphatic carbocycles. The number of fused-ring (bicyclic) bond motifs is 5. The number of rotatable bonds is 7. The normalized spacial score (nSPS) is 25.2. The van der Waals surface area contributed by atoms with Crippen LogP contribution >= 0.6 is 23.2 Å². The first-order valence-corrected chi connectivity index (χ1v) is 19.0. The number of nitro groups is 1. The Morgan fingerprint density at radius 2 is 1.61 bits per heavy atom. The fourth-order valence-corrected chi connectivity index (χ4v) is 10.2. The van der Waals surface area contributed by atoms with Crippen LogP contribution in [0.3, 0.4) is 0 Å². The lowest BCUT2D eigenvalue weighted by Crippen LogP contribution is -2.53. The van der Waals surface area contributed by atoms with E-state index in [1.54, 1.807) is 48.5 Å². The number of carbonyl (C=O) groups is 4. The number of phenols is 1. The van der Waals surface area contributed by atoms with E-state index >= 15 is 9.59 Å². The number of ether oxygens (including phenoxy) is 1. The van der Waals surface area contributed by atoms with Crippen molar-refractivity contribution in [1.82, 2.24) is 5.01 Å². The second-order valence-corrected chi connectivity index (χ2v) is 15.6. The maximum atomic E-state index is 15.6. The van der Waals surface area contributed by atoms with Gasteiger partial charge >= 0.3 is 0 Å². The van der Waals surface area contributed by atoms with E-state index in [2.05, 4.69) is 5.43 Å². The van der Waals surface area contributed by atoms with Crippen molar-refractivity contribution >= 4 is 74.7 Å². The molecule has 12 nitrogen and oxygen atoms in total. The summed E-state index contributed by atoms with van der Waals surface area (Å²) in [5.41, 5.74) is 3.08. The number of benzene rings is 5. The number of phenolic OH excluding ortho intramolecular Hbond substituents is 1. The Balaban J connectivity index is 1.27. The Kier molecular flexibility index (Phi) is 8.59. The van der Waals surface area contributed by atoms with Crippen molar-refractivity contribution in [1.29, 1.82) is 0 Å². The largest absolute Gasteiger partial charge is 0.508 e. The molecule has 0 spiro atoms. The van der Waals surface area contributed by atoms with Gasteiger partial charge in [-0.25, -0.2) is 0 Å². The maximum absolute atomic E-state index is 15.6. The molecular weight excluding hydrogens is 771 g/mol. The highest BCUT2D eigenvalue weighted by atomic mass is 35.5. The molecule has 2 aliphatic heterocycles. The Morgan fingerprint density at radius 3 is 2.32 bits per heavy atom. The number of nitrogens with one attached hydrogen (secondary N) is 1. The summed E-state index contributed by atoms with van der Waals surface area (Å²) < 4.78 is 5.49. The van der Waals surface area contributed by atoms with Crippen LogP contribution in [0, 0.1) is 33.8 Å². The first-order valence-electron chi connectivity index (χ1n) is 18.2. The van der Waals surface area contributed by atoms with Crippen LogP contribution in [0.4, 0.5) is 17.1 Å². The average Bonchev–Trinajstić information content (AvgIpc) is 3.59. The number of nitrogens with zero attached hydrogens (tertiary/aromatic N) is 3. The Hall–Kier alpha value is -6.24. The summed E-state index contributed by atoms with van der Waals surface area (Å²) in [5, 5.41) is 26.3.